The van der Waals surface area contributed by atoms with Crippen LogP contribution in [0.3, 0.4) is 0 Å². The number of anilines is 1. The Labute approximate surface area is 144 Å². The lowest BCUT2D eigenvalue weighted by Gasteiger charge is -2.33. The molecule has 134 valence electrons. The summed E-state index contributed by atoms with van der Waals surface area (Å²) in [5.74, 6) is -2.01. The summed E-state index contributed by atoms with van der Waals surface area (Å²) in [4.78, 5) is 20.7. The van der Waals surface area contributed by atoms with Crippen molar-refractivity contribution in [2.75, 3.05) is 44.8 Å². The maximum absolute atomic E-state index is 13.2. The summed E-state index contributed by atoms with van der Waals surface area (Å²) in [7, 11) is 1.64. The summed E-state index contributed by atoms with van der Waals surface area (Å²) in [5, 5.41) is 0.821. The SMILES string of the molecule is COCCc1nsc(N2CCC(C(=O)N3CCC(F)(F)CC3)C2)n1. The fraction of sp³-hybridized carbons (Fsp3) is 0.800. The fourth-order valence-corrected chi connectivity index (χ4v) is 3.86. The number of halogens is 2. The van der Waals surface area contributed by atoms with Crippen LogP contribution in [0.2, 0.25) is 0 Å². The van der Waals surface area contributed by atoms with Gasteiger partial charge in [-0.1, -0.05) is 0 Å². The lowest BCUT2D eigenvalue weighted by molar-refractivity contribution is -0.140. The molecular weight excluding hydrogens is 338 g/mol. The Kier molecular flexibility index (Phi) is 5.29. The predicted molar refractivity (Wildman–Crippen MR) is 86.6 cm³/mol. The highest BCUT2D eigenvalue weighted by molar-refractivity contribution is 7.09. The molecule has 24 heavy (non-hydrogen) atoms. The molecule has 0 bridgehead atoms. The highest BCUT2D eigenvalue weighted by Gasteiger charge is 2.39. The molecule has 3 rings (SSSR count). The van der Waals surface area contributed by atoms with Crippen LogP contribution in [0.25, 0.3) is 0 Å². The monoisotopic (exact) mass is 360 g/mol. The van der Waals surface area contributed by atoms with Crippen LogP contribution < -0.4 is 4.90 Å². The molecule has 1 amide bonds. The summed E-state index contributed by atoms with van der Waals surface area (Å²) in [6.45, 7) is 2.23. The summed E-state index contributed by atoms with van der Waals surface area (Å²) < 4.78 is 35.8. The van der Waals surface area contributed by atoms with Crippen LogP contribution >= 0.6 is 11.5 Å². The molecule has 2 fully saturated rings. The first kappa shape index (κ1) is 17.5. The molecule has 2 saturated heterocycles. The maximum Gasteiger partial charge on any atom is 0.251 e. The average molecular weight is 360 g/mol. The molecule has 1 atom stereocenters. The van der Waals surface area contributed by atoms with Gasteiger partial charge in [0.25, 0.3) is 5.92 Å². The first-order valence-corrected chi connectivity index (χ1v) is 8.99. The average Bonchev–Trinajstić information content (AvgIpc) is 3.21. The number of rotatable bonds is 5. The molecule has 0 aromatic carbocycles. The van der Waals surface area contributed by atoms with E-state index in [-0.39, 0.29) is 37.8 Å². The first-order valence-electron chi connectivity index (χ1n) is 8.21. The van der Waals surface area contributed by atoms with Crippen LogP contribution in [-0.2, 0) is 16.0 Å². The number of aromatic nitrogens is 2. The van der Waals surface area contributed by atoms with Crippen molar-refractivity contribution in [1.29, 1.82) is 0 Å². The van der Waals surface area contributed by atoms with Gasteiger partial charge in [0.05, 0.1) is 12.5 Å². The topological polar surface area (TPSA) is 58.6 Å². The quantitative estimate of drug-likeness (QED) is 0.802. The van der Waals surface area contributed by atoms with Crippen molar-refractivity contribution in [3.05, 3.63) is 5.82 Å². The lowest BCUT2D eigenvalue weighted by atomic mass is 10.0. The first-order chi connectivity index (χ1) is 11.5. The highest BCUT2D eigenvalue weighted by Crippen LogP contribution is 2.31. The normalized spacial score (nSPS) is 23.7. The molecule has 0 radical (unpaired) electrons. The van der Waals surface area contributed by atoms with Gasteiger partial charge in [-0.25, -0.2) is 13.8 Å². The summed E-state index contributed by atoms with van der Waals surface area (Å²) in [5.41, 5.74) is 0. The van der Waals surface area contributed by atoms with E-state index in [0.717, 1.165) is 23.9 Å². The molecule has 6 nitrogen and oxygen atoms in total. The Hall–Kier alpha value is -1.35. The molecule has 1 aromatic heterocycles. The van der Waals surface area contributed by atoms with E-state index in [2.05, 4.69) is 14.3 Å². The number of piperidine rings is 1. The second kappa shape index (κ2) is 7.26. The van der Waals surface area contributed by atoms with Gasteiger partial charge in [0, 0.05) is 64.1 Å². The standard InChI is InChI=1S/C15H22F2N4O2S/c1-23-9-3-12-18-14(24-19-12)21-6-2-11(10-21)13(22)20-7-4-15(16,17)5-8-20/h11H,2-10H2,1H3. The summed E-state index contributed by atoms with van der Waals surface area (Å²) in [6.07, 6.45) is 0.951. The number of nitrogens with zero attached hydrogens (tertiary/aromatic N) is 4. The van der Waals surface area contributed by atoms with Crippen LogP contribution in [-0.4, -0.2) is 66.0 Å². The van der Waals surface area contributed by atoms with E-state index >= 15 is 0 Å². The Morgan fingerprint density at radius 3 is 2.83 bits per heavy atom. The molecule has 2 aliphatic heterocycles. The van der Waals surface area contributed by atoms with Crippen molar-refractivity contribution < 1.29 is 18.3 Å². The van der Waals surface area contributed by atoms with Crippen molar-refractivity contribution in [2.45, 2.75) is 31.6 Å². The minimum Gasteiger partial charge on any atom is -0.384 e. The molecule has 3 heterocycles. The van der Waals surface area contributed by atoms with Gasteiger partial charge in [0.1, 0.15) is 5.82 Å². The van der Waals surface area contributed by atoms with Gasteiger partial charge in [-0.05, 0) is 6.42 Å². The Morgan fingerprint density at radius 1 is 1.38 bits per heavy atom. The highest BCUT2D eigenvalue weighted by atomic mass is 32.1. The number of carbonyl (C=O) groups is 1. The van der Waals surface area contributed by atoms with Crippen molar-refractivity contribution in [2.24, 2.45) is 5.92 Å². The number of methoxy groups -OCH3 is 1. The Balaban J connectivity index is 1.53. The molecule has 1 aromatic rings. The van der Waals surface area contributed by atoms with Crippen LogP contribution in [0.1, 0.15) is 25.1 Å². The maximum atomic E-state index is 13.2. The van der Waals surface area contributed by atoms with Crippen LogP contribution in [0.15, 0.2) is 0 Å². The number of likely N-dealkylation sites (tertiary alicyclic amines) is 1. The second-order valence-electron chi connectivity index (χ2n) is 6.35. The molecule has 1 unspecified atom stereocenters. The zero-order valence-electron chi connectivity index (χ0n) is 13.7. The second-order valence-corrected chi connectivity index (χ2v) is 7.08. The lowest BCUT2D eigenvalue weighted by Crippen LogP contribution is -2.45. The van der Waals surface area contributed by atoms with Crippen LogP contribution in [0.5, 0.6) is 0 Å². The molecule has 0 spiro atoms. The van der Waals surface area contributed by atoms with Gasteiger partial charge >= 0.3 is 0 Å². The van der Waals surface area contributed by atoms with E-state index < -0.39 is 5.92 Å². The van der Waals surface area contributed by atoms with Crippen molar-refractivity contribution in [3.63, 3.8) is 0 Å². The van der Waals surface area contributed by atoms with Crippen LogP contribution in [0.4, 0.5) is 13.9 Å². The molecule has 2 aliphatic rings. The van der Waals surface area contributed by atoms with E-state index in [1.165, 1.54) is 11.5 Å². The molecule has 9 heteroatoms. The fourth-order valence-electron chi connectivity index (χ4n) is 3.12. The van der Waals surface area contributed by atoms with Gasteiger partial charge in [-0.3, -0.25) is 4.79 Å². The van der Waals surface area contributed by atoms with Gasteiger partial charge in [0.15, 0.2) is 0 Å². The number of carbonyl (C=O) groups excluding carboxylic acids is 1. The third-order valence-corrected chi connectivity index (χ3v) is 5.42. The van der Waals surface area contributed by atoms with Crippen LogP contribution in [0, 0.1) is 5.92 Å². The van der Waals surface area contributed by atoms with Gasteiger partial charge in [0.2, 0.25) is 11.0 Å². The van der Waals surface area contributed by atoms with Crippen molar-refractivity contribution in [3.8, 4) is 0 Å². The van der Waals surface area contributed by atoms with Gasteiger partial charge in [-0.15, -0.1) is 0 Å². The zero-order chi connectivity index (χ0) is 17.2. The van der Waals surface area contributed by atoms with E-state index in [9.17, 15) is 13.6 Å². The third kappa shape index (κ3) is 4.00. The van der Waals surface area contributed by atoms with E-state index in [0.29, 0.717) is 19.6 Å². The molecule has 0 aliphatic carbocycles. The number of alkyl halides is 2. The summed E-state index contributed by atoms with van der Waals surface area (Å²) >= 11 is 1.33. The minimum atomic E-state index is -2.62. The zero-order valence-corrected chi connectivity index (χ0v) is 14.5. The number of hydrogen-bond acceptors (Lipinski definition) is 6. The number of hydrogen-bond donors (Lipinski definition) is 0. The third-order valence-electron chi connectivity index (χ3n) is 4.60. The smallest absolute Gasteiger partial charge is 0.251 e. The van der Waals surface area contributed by atoms with Crippen molar-refractivity contribution in [1.82, 2.24) is 14.3 Å². The summed E-state index contributed by atoms with van der Waals surface area (Å²) in [6, 6.07) is 0. The van der Waals surface area contributed by atoms with E-state index in [4.69, 9.17) is 4.74 Å². The number of amides is 1. The van der Waals surface area contributed by atoms with E-state index in [1.54, 1.807) is 12.0 Å². The molecule has 0 N–H and O–H groups in total. The Bertz CT molecular complexity index is 574. The molecular formula is C15H22F2N4O2S. The van der Waals surface area contributed by atoms with E-state index in [1.807, 2.05) is 0 Å². The largest absolute Gasteiger partial charge is 0.384 e. The Morgan fingerprint density at radius 2 is 2.12 bits per heavy atom. The minimum absolute atomic E-state index is 0.00267. The van der Waals surface area contributed by atoms with Gasteiger partial charge in [-0.2, -0.15) is 4.37 Å². The predicted octanol–water partition coefficient (Wildman–Crippen LogP) is 1.81. The number of ether oxygens (including phenoxy) is 1. The molecule has 0 saturated carbocycles. The van der Waals surface area contributed by atoms with Gasteiger partial charge < -0.3 is 14.5 Å². The van der Waals surface area contributed by atoms with Crippen molar-refractivity contribution >= 4 is 22.6 Å².